The Balaban J connectivity index is 1.96. The average Bonchev–Trinajstić information content (AvgIpc) is 2.91. The van der Waals surface area contributed by atoms with Gasteiger partial charge in [0.1, 0.15) is 5.75 Å². The molecule has 1 aliphatic rings. The standard InChI is InChI=1S/C18H11Br2Cl2NO3/c1-2-25-16-12(19)5-9(6-13(16)20)7-15-18(24)26-17(23-15)11-4-3-10(21)8-14(11)22/h3-8H,2H2,1H3/b15-7-. The van der Waals surface area contributed by atoms with Gasteiger partial charge < -0.3 is 9.47 Å². The van der Waals surface area contributed by atoms with E-state index >= 15 is 0 Å². The molecule has 0 bridgehead atoms. The molecule has 3 rings (SSSR count). The van der Waals surface area contributed by atoms with Crippen molar-refractivity contribution in [1.29, 1.82) is 0 Å². The summed E-state index contributed by atoms with van der Waals surface area (Å²) in [6.07, 6.45) is 1.63. The number of nitrogens with zero attached hydrogens (tertiary/aromatic N) is 1. The van der Waals surface area contributed by atoms with Crippen molar-refractivity contribution < 1.29 is 14.3 Å². The van der Waals surface area contributed by atoms with E-state index in [0.29, 0.717) is 28.0 Å². The van der Waals surface area contributed by atoms with Crippen LogP contribution in [0, 0.1) is 0 Å². The van der Waals surface area contributed by atoms with Crippen molar-refractivity contribution in [2.45, 2.75) is 6.92 Å². The Morgan fingerprint density at radius 3 is 2.50 bits per heavy atom. The van der Waals surface area contributed by atoms with Gasteiger partial charge in [-0.2, -0.15) is 0 Å². The van der Waals surface area contributed by atoms with Gasteiger partial charge in [-0.15, -0.1) is 0 Å². The summed E-state index contributed by atoms with van der Waals surface area (Å²) in [5, 5.41) is 0.848. The van der Waals surface area contributed by atoms with Crippen LogP contribution in [-0.4, -0.2) is 18.5 Å². The Hall–Kier alpha value is -1.34. The quantitative estimate of drug-likeness (QED) is 0.354. The zero-order valence-electron chi connectivity index (χ0n) is 13.4. The number of hydrogen-bond acceptors (Lipinski definition) is 4. The second kappa shape index (κ2) is 8.13. The van der Waals surface area contributed by atoms with Crippen molar-refractivity contribution in [1.82, 2.24) is 0 Å². The van der Waals surface area contributed by atoms with Crippen molar-refractivity contribution in [3.05, 3.63) is 66.1 Å². The van der Waals surface area contributed by atoms with E-state index in [1.165, 1.54) is 0 Å². The smallest absolute Gasteiger partial charge is 0.363 e. The molecule has 0 atom stereocenters. The summed E-state index contributed by atoms with van der Waals surface area (Å²) >= 11 is 19.0. The Labute approximate surface area is 177 Å². The van der Waals surface area contributed by atoms with Gasteiger partial charge in [-0.1, -0.05) is 23.2 Å². The van der Waals surface area contributed by atoms with Gasteiger partial charge in [0.25, 0.3) is 0 Å². The molecule has 1 heterocycles. The lowest BCUT2D eigenvalue weighted by Gasteiger charge is -2.09. The van der Waals surface area contributed by atoms with E-state index in [0.717, 1.165) is 14.5 Å². The van der Waals surface area contributed by atoms with Crippen LogP contribution < -0.4 is 4.74 Å². The number of esters is 1. The van der Waals surface area contributed by atoms with Crippen LogP contribution in [0.4, 0.5) is 0 Å². The molecule has 8 heteroatoms. The number of rotatable bonds is 4. The normalized spacial score (nSPS) is 15.2. The lowest BCUT2D eigenvalue weighted by Crippen LogP contribution is -2.05. The molecular formula is C18H11Br2Cl2NO3. The Kier molecular flexibility index (Phi) is 6.07. The molecule has 0 aromatic heterocycles. The maximum Gasteiger partial charge on any atom is 0.363 e. The first-order valence-corrected chi connectivity index (χ1v) is 9.83. The van der Waals surface area contributed by atoms with E-state index in [1.54, 1.807) is 24.3 Å². The third-order valence-electron chi connectivity index (χ3n) is 3.39. The molecule has 4 nitrogen and oxygen atoms in total. The summed E-state index contributed by atoms with van der Waals surface area (Å²) < 4.78 is 12.3. The second-order valence-corrected chi connectivity index (χ2v) is 7.76. The number of ether oxygens (including phenoxy) is 2. The van der Waals surface area contributed by atoms with Crippen molar-refractivity contribution in [3.8, 4) is 5.75 Å². The molecule has 0 aliphatic carbocycles. The van der Waals surface area contributed by atoms with Crippen molar-refractivity contribution >= 4 is 73.0 Å². The topological polar surface area (TPSA) is 47.9 Å². The number of carbonyl (C=O) groups is 1. The fourth-order valence-electron chi connectivity index (χ4n) is 2.29. The van der Waals surface area contributed by atoms with Crippen LogP contribution in [0.1, 0.15) is 18.1 Å². The first-order chi connectivity index (χ1) is 12.4. The van der Waals surface area contributed by atoms with Gasteiger partial charge in [-0.3, -0.25) is 0 Å². The van der Waals surface area contributed by atoms with Crippen LogP contribution in [0.2, 0.25) is 10.0 Å². The molecule has 0 unspecified atom stereocenters. The lowest BCUT2D eigenvalue weighted by atomic mass is 10.2. The molecule has 1 aliphatic heterocycles. The highest BCUT2D eigenvalue weighted by atomic mass is 79.9. The Morgan fingerprint density at radius 2 is 1.88 bits per heavy atom. The highest BCUT2D eigenvalue weighted by Crippen LogP contribution is 2.36. The third kappa shape index (κ3) is 4.14. The monoisotopic (exact) mass is 517 g/mol. The van der Waals surface area contributed by atoms with Crippen LogP contribution in [0.25, 0.3) is 6.08 Å². The zero-order valence-corrected chi connectivity index (χ0v) is 18.0. The third-order valence-corrected chi connectivity index (χ3v) is 5.12. The molecule has 134 valence electrons. The average molecular weight is 520 g/mol. The summed E-state index contributed by atoms with van der Waals surface area (Å²) in [5.41, 5.74) is 1.43. The fourth-order valence-corrected chi connectivity index (χ4v) is 4.23. The number of carbonyl (C=O) groups excluding carboxylic acids is 1. The molecule has 0 fully saturated rings. The minimum Gasteiger partial charge on any atom is -0.492 e. The summed E-state index contributed by atoms with van der Waals surface area (Å²) in [4.78, 5) is 16.4. The van der Waals surface area contributed by atoms with Crippen molar-refractivity contribution in [3.63, 3.8) is 0 Å². The molecule has 0 saturated carbocycles. The molecular weight excluding hydrogens is 509 g/mol. The van der Waals surface area contributed by atoms with Gasteiger partial charge in [-0.25, -0.2) is 9.79 Å². The van der Waals surface area contributed by atoms with Crippen LogP contribution in [0.3, 0.4) is 0 Å². The zero-order chi connectivity index (χ0) is 18.8. The van der Waals surface area contributed by atoms with E-state index in [9.17, 15) is 4.79 Å². The van der Waals surface area contributed by atoms with Gasteiger partial charge >= 0.3 is 5.97 Å². The van der Waals surface area contributed by atoms with E-state index in [2.05, 4.69) is 36.9 Å². The predicted molar refractivity (Wildman–Crippen MR) is 110 cm³/mol. The number of aliphatic imine (C=N–C) groups is 1. The minimum atomic E-state index is -0.549. The highest BCUT2D eigenvalue weighted by Gasteiger charge is 2.26. The maximum atomic E-state index is 12.2. The molecule has 0 N–H and O–H groups in total. The van der Waals surface area contributed by atoms with Gasteiger partial charge in [0, 0.05) is 5.02 Å². The number of hydrogen-bond donors (Lipinski definition) is 0. The van der Waals surface area contributed by atoms with Crippen LogP contribution in [0.15, 0.2) is 50.0 Å². The summed E-state index contributed by atoms with van der Waals surface area (Å²) in [5.74, 6) is 0.292. The molecule has 26 heavy (non-hydrogen) atoms. The first kappa shape index (κ1) is 19.4. The molecule has 0 amide bonds. The van der Waals surface area contributed by atoms with E-state index < -0.39 is 5.97 Å². The predicted octanol–water partition coefficient (Wildman–Crippen LogP) is 6.26. The highest BCUT2D eigenvalue weighted by molar-refractivity contribution is 9.11. The minimum absolute atomic E-state index is 0.145. The number of benzene rings is 2. The molecule has 0 saturated heterocycles. The number of cyclic esters (lactones) is 1. The second-order valence-electron chi connectivity index (χ2n) is 5.21. The number of halogens is 4. The fraction of sp³-hybridized carbons (Fsp3) is 0.111. The maximum absolute atomic E-state index is 12.2. The SMILES string of the molecule is CCOc1c(Br)cc(/C=C2\N=C(c3ccc(Cl)cc3Cl)OC2=O)cc1Br. The molecule has 0 radical (unpaired) electrons. The van der Waals surface area contributed by atoms with E-state index in [-0.39, 0.29) is 11.6 Å². The molecule has 2 aromatic carbocycles. The van der Waals surface area contributed by atoms with Crippen LogP contribution in [-0.2, 0) is 9.53 Å². The summed E-state index contributed by atoms with van der Waals surface area (Å²) in [7, 11) is 0. The van der Waals surface area contributed by atoms with Gasteiger partial charge in [0.15, 0.2) is 5.70 Å². The summed E-state index contributed by atoms with van der Waals surface area (Å²) in [6, 6.07) is 8.54. The van der Waals surface area contributed by atoms with Crippen molar-refractivity contribution in [2.24, 2.45) is 4.99 Å². The van der Waals surface area contributed by atoms with Gasteiger partial charge in [0.05, 0.1) is 26.1 Å². The lowest BCUT2D eigenvalue weighted by molar-refractivity contribution is -0.129. The van der Waals surface area contributed by atoms with Gasteiger partial charge in [-0.05, 0) is 80.8 Å². The first-order valence-electron chi connectivity index (χ1n) is 7.49. The van der Waals surface area contributed by atoms with Gasteiger partial charge in [0.2, 0.25) is 5.90 Å². The Morgan fingerprint density at radius 1 is 1.19 bits per heavy atom. The van der Waals surface area contributed by atoms with Crippen LogP contribution in [0.5, 0.6) is 5.75 Å². The largest absolute Gasteiger partial charge is 0.492 e. The summed E-state index contributed by atoms with van der Waals surface area (Å²) in [6.45, 7) is 2.45. The molecule has 0 spiro atoms. The molecule has 2 aromatic rings. The van der Waals surface area contributed by atoms with E-state index in [4.69, 9.17) is 32.7 Å². The van der Waals surface area contributed by atoms with Crippen LogP contribution >= 0.6 is 55.1 Å². The van der Waals surface area contributed by atoms with E-state index in [1.807, 2.05) is 19.1 Å². The Bertz CT molecular complexity index is 934. The van der Waals surface area contributed by atoms with Crippen molar-refractivity contribution in [2.75, 3.05) is 6.61 Å².